The van der Waals surface area contributed by atoms with Crippen LogP contribution in [0.25, 0.3) is 0 Å². The number of halogens is 2. The van der Waals surface area contributed by atoms with Gasteiger partial charge < -0.3 is 15.2 Å². The number of hydrogen-bond donors (Lipinski definition) is 2. The molecule has 0 spiro atoms. The summed E-state index contributed by atoms with van der Waals surface area (Å²) in [6, 6.07) is 10.2. The molecule has 0 fully saturated rings. The van der Waals surface area contributed by atoms with E-state index >= 15 is 0 Å². The molecule has 0 saturated carbocycles. The average Bonchev–Trinajstić information content (AvgIpc) is 2.46. The summed E-state index contributed by atoms with van der Waals surface area (Å²) in [6.07, 6.45) is 0. The lowest BCUT2D eigenvalue weighted by atomic mass is 9.91. The van der Waals surface area contributed by atoms with E-state index in [9.17, 15) is 13.9 Å². The van der Waals surface area contributed by atoms with Crippen LogP contribution in [0, 0.1) is 11.6 Å². The first kappa shape index (κ1) is 15.3. The molecule has 2 rings (SSSR count). The molecule has 112 valence electrons. The Morgan fingerprint density at radius 2 is 1.90 bits per heavy atom. The summed E-state index contributed by atoms with van der Waals surface area (Å²) in [4.78, 5) is 0. The minimum absolute atomic E-state index is 0.194. The highest BCUT2D eigenvalue weighted by molar-refractivity contribution is 5.51. The van der Waals surface area contributed by atoms with E-state index in [1.165, 1.54) is 37.4 Å². The predicted molar refractivity (Wildman–Crippen MR) is 77.4 cm³/mol. The molecule has 0 bridgehead atoms. The smallest absolute Gasteiger partial charge is 0.132 e. The first-order chi connectivity index (χ1) is 10.00. The Labute approximate surface area is 122 Å². The third kappa shape index (κ3) is 3.13. The molecule has 5 heteroatoms. The van der Waals surface area contributed by atoms with Gasteiger partial charge in [-0.25, -0.2) is 8.78 Å². The Morgan fingerprint density at radius 1 is 1.19 bits per heavy atom. The number of anilines is 1. The fourth-order valence-electron chi connectivity index (χ4n) is 2.28. The van der Waals surface area contributed by atoms with E-state index in [-0.39, 0.29) is 12.2 Å². The lowest BCUT2D eigenvalue weighted by molar-refractivity contribution is 0.216. The fraction of sp³-hybridized carbons (Fsp3) is 0.250. The normalized spacial score (nSPS) is 13.6. The number of nitrogens with one attached hydrogen (secondary N) is 1. The summed E-state index contributed by atoms with van der Waals surface area (Å²) in [5, 5.41) is 12.7. The van der Waals surface area contributed by atoms with Crippen LogP contribution in [-0.4, -0.2) is 18.8 Å². The maximum atomic E-state index is 14.2. The summed E-state index contributed by atoms with van der Waals surface area (Å²) in [5.41, 5.74) is -0.513. The molecule has 2 N–H and O–H groups in total. The zero-order valence-corrected chi connectivity index (χ0v) is 11.9. The molecule has 1 atom stereocenters. The minimum atomic E-state index is -1.15. The Hall–Kier alpha value is -2.14. The second-order valence-electron chi connectivity index (χ2n) is 4.94. The van der Waals surface area contributed by atoms with Crippen LogP contribution in [0.5, 0.6) is 5.75 Å². The summed E-state index contributed by atoms with van der Waals surface area (Å²) < 4.78 is 32.6. The zero-order chi connectivity index (χ0) is 15.5. The Morgan fingerprint density at radius 3 is 2.52 bits per heavy atom. The number of rotatable bonds is 5. The summed E-state index contributed by atoms with van der Waals surface area (Å²) in [6.45, 7) is 1.24. The van der Waals surface area contributed by atoms with Crippen LogP contribution >= 0.6 is 0 Å². The lowest BCUT2D eigenvalue weighted by Gasteiger charge is -2.32. The number of benzene rings is 2. The van der Waals surface area contributed by atoms with Crippen molar-refractivity contribution in [2.45, 2.75) is 12.5 Å². The van der Waals surface area contributed by atoms with E-state index in [0.29, 0.717) is 11.4 Å². The van der Waals surface area contributed by atoms with Gasteiger partial charge in [0, 0.05) is 5.69 Å². The molecule has 0 aliphatic rings. The van der Waals surface area contributed by atoms with E-state index in [1.807, 2.05) is 0 Å². The van der Waals surface area contributed by atoms with Gasteiger partial charge >= 0.3 is 0 Å². The van der Waals surface area contributed by atoms with E-state index in [1.54, 1.807) is 19.1 Å². The van der Waals surface area contributed by atoms with Crippen molar-refractivity contribution in [1.29, 1.82) is 0 Å². The van der Waals surface area contributed by atoms with Crippen LogP contribution in [0.15, 0.2) is 42.5 Å². The zero-order valence-electron chi connectivity index (χ0n) is 11.9. The van der Waals surface area contributed by atoms with Crippen LogP contribution in [0.3, 0.4) is 0 Å². The first-order valence-electron chi connectivity index (χ1n) is 6.48. The molecule has 0 aromatic heterocycles. The van der Waals surface area contributed by atoms with Crippen LogP contribution in [0.4, 0.5) is 14.5 Å². The van der Waals surface area contributed by atoms with E-state index in [2.05, 4.69) is 5.32 Å². The van der Waals surface area contributed by atoms with Crippen molar-refractivity contribution < 1.29 is 18.6 Å². The topological polar surface area (TPSA) is 41.5 Å². The van der Waals surface area contributed by atoms with Gasteiger partial charge in [0.2, 0.25) is 0 Å². The quantitative estimate of drug-likeness (QED) is 0.889. The largest absolute Gasteiger partial charge is 0.496 e. The molecule has 2 aromatic rings. The Kier molecular flexibility index (Phi) is 4.43. The van der Waals surface area contributed by atoms with Crippen molar-refractivity contribution in [2.24, 2.45) is 0 Å². The standard InChI is InChI=1S/C16H17F2NO2/c1-16(10-20,19-12-6-3-5-11(17)9-12)15-13(18)7-4-8-14(15)21-2/h3-9,19-20H,10H2,1-2H3. The minimum Gasteiger partial charge on any atom is -0.496 e. The summed E-state index contributed by atoms with van der Waals surface area (Å²) in [5.74, 6) is -0.606. The Bertz CT molecular complexity index is 633. The van der Waals surface area contributed by atoms with Crippen molar-refractivity contribution in [1.82, 2.24) is 0 Å². The van der Waals surface area contributed by atoms with Crippen LogP contribution in [0.1, 0.15) is 12.5 Å². The van der Waals surface area contributed by atoms with Crippen LogP contribution in [-0.2, 0) is 5.54 Å². The second kappa shape index (κ2) is 6.10. The van der Waals surface area contributed by atoms with Gasteiger partial charge in [-0.2, -0.15) is 0 Å². The van der Waals surface area contributed by atoms with Crippen molar-refractivity contribution in [3.63, 3.8) is 0 Å². The lowest BCUT2D eigenvalue weighted by Crippen LogP contribution is -2.37. The maximum absolute atomic E-state index is 14.2. The van der Waals surface area contributed by atoms with Gasteiger partial charge in [-0.3, -0.25) is 0 Å². The summed E-state index contributed by atoms with van der Waals surface area (Å²) >= 11 is 0. The van der Waals surface area contributed by atoms with Crippen molar-refractivity contribution >= 4 is 5.69 Å². The SMILES string of the molecule is COc1cccc(F)c1C(C)(CO)Nc1cccc(F)c1. The van der Waals surface area contributed by atoms with Gasteiger partial charge in [0.15, 0.2) is 0 Å². The number of methoxy groups -OCH3 is 1. The van der Waals surface area contributed by atoms with E-state index in [0.717, 1.165) is 0 Å². The molecule has 0 amide bonds. The molecule has 0 aliphatic carbocycles. The van der Waals surface area contributed by atoms with Gasteiger partial charge in [-0.1, -0.05) is 12.1 Å². The number of aliphatic hydroxyl groups excluding tert-OH is 1. The highest BCUT2D eigenvalue weighted by Gasteiger charge is 2.32. The van der Waals surface area contributed by atoms with Gasteiger partial charge in [-0.15, -0.1) is 0 Å². The maximum Gasteiger partial charge on any atom is 0.132 e. The third-order valence-corrected chi connectivity index (χ3v) is 3.31. The molecule has 1 unspecified atom stereocenters. The van der Waals surface area contributed by atoms with Gasteiger partial charge in [0.1, 0.15) is 17.4 Å². The molecule has 2 aromatic carbocycles. The molecule has 0 aliphatic heterocycles. The van der Waals surface area contributed by atoms with Crippen molar-refractivity contribution in [3.8, 4) is 5.75 Å². The first-order valence-corrected chi connectivity index (χ1v) is 6.48. The van der Waals surface area contributed by atoms with Gasteiger partial charge in [0.05, 0.1) is 24.8 Å². The second-order valence-corrected chi connectivity index (χ2v) is 4.94. The molecule has 0 heterocycles. The molecule has 21 heavy (non-hydrogen) atoms. The monoisotopic (exact) mass is 293 g/mol. The predicted octanol–water partition coefficient (Wildman–Crippen LogP) is 3.29. The molecule has 0 radical (unpaired) electrons. The third-order valence-electron chi connectivity index (χ3n) is 3.31. The average molecular weight is 293 g/mol. The number of aliphatic hydroxyl groups is 1. The Balaban J connectivity index is 2.46. The van der Waals surface area contributed by atoms with Gasteiger partial charge in [-0.05, 0) is 37.3 Å². The molecule has 0 saturated heterocycles. The van der Waals surface area contributed by atoms with Crippen LogP contribution < -0.4 is 10.1 Å². The fourth-order valence-corrected chi connectivity index (χ4v) is 2.28. The highest BCUT2D eigenvalue weighted by atomic mass is 19.1. The van der Waals surface area contributed by atoms with E-state index < -0.39 is 17.2 Å². The van der Waals surface area contributed by atoms with Gasteiger partial charge in [0.25, 0.3) is 0 Å². The molecular weight excluding hydrogens is 276 g/mol. The van der Waals surface area contributed by atoms with E-state index in [4.69, 9.17) is 4.74 Å². The van der Waals surface area contributed by atoms with Crippen molar-refractivity contribution in [2.75, 3.05) is 19.0 Å². The highest BCUT2D eigenvalue weighted by Crippen LogP contribution is 2.34. The number of ether oxygens (including phenoxy) is 1. The summed E-state index contributed by atoms with van der Waals surface area (Å²) in [7, 11) is 1.43. The van der Waals surface area contributed by atoms with Crippen molar-refractivity contribution in [3.05, 3.63) is 59.7 Å². The molecular formula is C16H17F2NO2. The number of hydrogen-bond acceptors (Lipinski definition) is 3. The van der Waals surface area contributed by atoms with Crippen LogP contribution in [0.2, 0.25) is 0 Å². The molecule has 3 nitrogen and oxygen atoms in total.